The van der Waals surface area contributed by atoms with Gasteiger partial charge in [-0.3, -0.25) is 14.4 Å². The average Bonchev–Trinajstić information content (AvgIpc) is 2.98. The molecule has 0 radical (unpaired) electrons. The number of halogens is 1. The van der Waals surface area contributed by atoms with Crippen molar-refractivity contribution in [3.05, 3.63) is 35.6 Å². The Kier molecular flexibility index (Phi) is 6.01. The van der Waals surface area contributed by atoms with E-state index >= 15 is 0 Å². The van der Waals surface area contributed by atoms with Crippen LogP contribution in [0.1, 0.15) is 51.5 Å². The van der Waals surface area contributed by atoms with Gasteiger partial charge in [-0.25, -0.2) is 4.39 Å². The van der Waals surface area contributed by atoms with E-state index in [0.29, 0.717) is 25.9 Å². The fourth-order valence-electron chi connectivity index (χ4n) is 4.46. The van der Waals surface area contributed by atoms with Gasteiger partial charge in [0.25, 0.3) is 0 Å². The molecule has 0 saturated carbocycles. The zero-order valence-electron chi connectivity index (χ0n) is 16.5. The molecule has 1 aromatic carbocycles. The highest BCUT2D eigenvalue weighted by atomic mass is 19.1. The number of likely N-dealkylation sites (tertiary alicyclic amines) is 2. The fraction of sp³-hybridized carbons (Fsp3) is 0.571. The normalized spacial score (nSPS) is 25.1. The van der Waals surface area contributed by atoms with Gasteiger partial charge in [-0.2, -0.15) is 0 Å². The van der Waals surface area contributed by atoms with Crippen LogP contribution in [0.4, 0.5) is 4.39 Å². The van der Waals surface area contributed by atoms with Crippen molar-refractivity contribution >= 4 is 17.7 Å². The van der Waals surface area contributed by atoms with Crippen molar-refractivity contribution in [2.24, 2.45) is 0 Å². The monoisotopic (exact) mass is 389 g/mol. The van der Waals surface area contributed by atoms with Crippen molar-refractivity contribution in [3.8, 4) is 0 Å². The van der Waals surface area contributed by atoms with Crippen molar-refractivity contribution in [3.63, 3.8) is 0 Å². The summed E-state index contributed by atoms with van der Waals surface area (Å²) in [6, 6.07) is 6.13. The molecule has 2 fully saturated rings. The van der Waals surface area contributed by atoms with Gasteiger partial charge in [-0.15, -0.1) is 0 Å². The number of carbonyl (C=O) groups is 3. The topological polar surface area (TPSA) is 69.7 Å². The average molecular weight is 389 g/mol. The molecule has 0 unspecified atom stereocenters. The van der Waals surface area contributed by atoms with Gasteiger partial charge >= 0.3 is 0 Å². The Labute approximate surface area is 165 Å². The van der Waals surface area contributed by atoms with Crippen molar-refractivity contribution in [2.45, 2.75) is 64.1 Å². The first-order chi connectivity index (χ1) is 13.3. The molecular formula is C21H28FN3O3. The van der Waals surface area contributed by atoms with Crippen LogP contribution in [-0.2, 0) is 20.9 Å². The summed E-state index contributed by atoms with van der Waals surface area (Å²) in [5.74, 6) is -0.574. The second-order valence-electron chi connectivity index (χ2n) is 7.97. The number of benzene rings is 1. The number of nitrogens with zero attached hydrogens (tertiary/aromatic N) is 2. The van der Waals surface area contributed by atoms with Gasteiger partial charge in [0, 0.05) is 26.4 Å². The predicted octanol–water partition coefficient (Wildman–Crippen LogP) is 2.22. The third kappa shape index (κ3) is 4.18. The minimum atomic E-state index is -0.474. The second kappa shape index (κ2) is 8.29. The lowest BCUT2D eigenvalue weighted by atomic mass is 9.84. The minimum Gasteiger partial charge on any atom is -0.347 e. The van der Waals surface area contributed by atoms with Gasteiger partial charge in [0.05, 0.1) is 18.1 Å². The lowest BCUT2D eigenvalue weighted by molar-refractivity contribution is -0.143. The first-order valence-electron chi connectivity index (χ1n) is 9.90. The highest BCUT2D eigenvalue weighted by Crippen LogP contribution is 2.39. The number of amides is 3. The third-order valence-corrected chi connectivity index (χ3v) is 6.05. The maximum Gasteiger partial charge on any atom is 0.242 e. The maximum atomic E-state index is 13.3. The molecule has 152 valence electrons. The molecule has 2 atom stereocenters. The molecule has 1 aromatic rings. The zero-order chi connectivity index (χ0) is 20.3. The largest absolute Gasteiger partial charge is 0.347 e. The molecule has 2 aliphatic heterocycles. The van der Waals surface area contributed by atoms with Crippen LogP contribution in [0.2, 0.25) is 0 Å². The summed E-state index contributed by atoms with van der Waals surface area (Å²) >= 11 is 0. The summed E-state index contributed by atoms with van der Waals surface area (Å²) < 4.78 is 13.3. The Hall–Kier alpha value is -2.44. The highest BCUT2D eigenvalue weighted by Gasteiger charge is 2.50. The Morgan fingerprint density at radius 3 is 2.64 bits per heavy atom. The van der Waals surface area contributed by atoms with Crippen LogP contribution in [-0.4, -0.2) is 52.2 Å². The van der Waals surface area contributed by atoms with Crippen LogP contribution in [0.25, 0.3) is 0 Å². The van der Waals surface area contributed by atoms with Gasteiger partial charge in [-0.1, -0.05) is 18.6 Å². The first-order valence-corrected chi connectivity index (χ1v) is 9.90. The van der Waals surface area contributed by atoms with Gasteiger partial charge in [-0.05, 0) is 43.9 Å². The van der Waals surface area contributed by atoms with Crippen molar-refractivity contribution < 1.29 is 18.8 Å². The van der Waals surface area contributed by atoms with E-state index in [9.17, 15) is 18.8 Å². The standard InChI is InChI=1S/C21H28FN3O3/c1-15(26)23-13-20(28)24-12-11-21(2)18(24)5-3-4-6-19(27)25(21)14-16-7-9-17(22)10-8-16/h7-10,18H,3-6,11-14H2,1-2H3,(H,23,26)/t18-,21-/m1/s1. The molecule has 28 heavy (non-hydrogen) atoms. The van der Waals surface area contributed by atoms with Gasteiger partial charge in [0.15, 0.2) is 0 Å². The molecule has 0 spiro atoms. The lowest BCUT2D eigenvalue weighted by Gasteiger charge is -2.45. The molecule has 7 heteroatoms. The third-order valence-electron chi connectivity index (χ3n) is 6.05. The molecule has 0 aliphatic carbocycles. The summed E-state index contributed by atoms with van der Waals surface area (Å²) in [6.45, 7) is 4.39. The first kappa shape index (κ1) is 20.3. The van der Waals surface area contributed by atoms with E-state index in [1.165, 1.54) is 19.1 Å². The second-order valence-corrected chi connectivity index (χ2v) is 7.97. The number of hydrogen-bond acceptors (Lipinski definition) is 3. The van der Waals surface area contributed by atoms with Crippen LogP contribution in [0, 0.1) is 5.82 Å². The highest BCUT2D eigenvalue weighted by molar-refractivity contribution is 5.84. The summed E-state index contributed by atoms with van der Waals surface area (Å²) in [5, 5.41) is 2.58. The van der Waals surface area contributed by atoms with Crippen molar-refractivity contribution in [1.29, 1.82) is 0 Å². The van der Waals surface area contributed by atoms with Gasteiger partial charge < -0.3 is 15.1 Å². The van der Waals surface area contributed by atoms with Crippen molar-refractivity contribution in [2.75, 3.05) is 13.1 Å². The van der Waals surface area contributed by atoms with E-state index in [4.69, 9.17) is 0 Å². The smallest absolute Gasteiger partial charge is 0.242 e. The lowest BCUT2D eigenvalue weighted by Crippen LogP contribution is -2.58. The van der Waals surface area contributed by atoms with Crippen LogP contribution >= 0.6 is 0 Å². The Bertz CT molecular complexity index is 752. The molecule has 0 aromatic heterocycles. The Balaban J connectivity index is 1.84. The minimum absolute atomic E-state index is 0.0200. The maximum absolute atomic E-state index is 13.3. The summed E-state index contributed by atoms with van der Waals surface area (Å²) in [7, 11) is 0. The Morgan fingerprint density at radius 2 is 1.96 bits per heavy atom. The van der Waals surface area contributed by atoms with Crippen LogP contribution in [0.15, 0.2) is 24.3 Å². The van der Waals surface area contributed by atoms with E-state index < -0.39 is 5.54 Å². The molecule has 0 bridgehead atoms. The number of fused-ring (bicyclic) bond motifs is 1. The molecule has 1 N–H and O–H groups in total. The predicted molar refractivity (Wildman–Crippen MR) is 103 cm³/mol. The van der Waals surface area contributed by atoms with Crippen molar-refractivity contribution in [1.82, 2.24) is 15.1 Å². The fourth-order valence-corrected chi connectivity index (χ4v) is 4.46. The van der Waals surface area contributed by atoms with Gasteiger partial charge in [0.2, 0.25) is 17.7 Å². The van der Waals surface area contributed by atoms with E-state index in [0.717, 1.165) is 24.8 Å². The molecule has 3 rings (SSSR count). The molecule has 3 amide bonds. The van der Waals surface area contributed by atoms with E-state index in [1.54, 1.807) is 12.1 Å². The molecule has 2 heterocycles. The number of nitrogens with one attached hydrogen (secondary N) is 1. The number of hydrogen-bond donors (Lipinski definition) is 1. The number of rotatable bonds is 4. The molecule has 2 aliphatic rings. The molecular weight excluding hydrogens is 361 g/mol. The molecule has 2 saturated heterocycles. The van der Waals surface area contributed by atoms with Crippen LogP contribution in [0.3, 0.4) is 0 Å². The summed E-state index contributed by atoms with van der Waals surface area (Å²) in [6.07, 6.45) is 3.69. The Morgan fingerprint density at radius 1 is 1.25 bits per heavy atom. The van der Waals surface area contributed by atoms with Crippen LogP contribution < -0.4 is 5.32 Å². The van der Waals surface area contributed by atoms with E-state index in [1.807, 2.05) is 9.80 Å². The quantitative estimate of drug-likeness (QED) is 0.859. The number of carbonyl (C=O) groups excluding carboxylic acids is 3. The van der Waals surface area contributed by atoms with Gasteiger partial charge in [0.1, 0.15) is 5.82 Å². The zero-order valence-corrected chi connectivity index (χ0v) is 16.5. The van der Waals surface area contributed by atoms with Crippen LogP contribution in [0.5, 0.6) is 0 Å². The summed E-state index contributed by atoms with van der Waals surface area (Å²) in [4.78, 5) is 40.5. The van der Waals surface area contributed by atoms with E-state index in [2.05, 4.69) is 12.2 Å². The summed E-state index contributed by atoms with van der Waals surface area (Å²) in [5.41, 5.74) is 0.399. The SMILES string of the molecule is CC(=O)NCC(=O)N1CC[C@]2(C)[C@H]1CCCCC(=O)N2Cc1ccc(F)cc1. The van der Waals surface area contributed by atoms with E-state index in [-0.39, 0.29) is 36.1 Å². The molecule has 6 nitrogen and oxygen atoms in total.